The lowest BCUT2D eigenvalue weighted by atomic mass is 10.1. The summed E-state index contributed by atoms with van der Waals surface area (Å²) in [7, 11) is 0. The Hall–Kier alpha value is -3.51. The van der Waals surface area contributed by atoms with E-state index in [2.05, 4.69) is 10.2 Å². The fourth-order valence-corrected chi connectivity index (χ4v) is 4.14. The minimum absolute atomic E-state index is 0.0775. The van der Waals surface area contributed by atoms with Crippen LogP contribution in [0.1, 0.15) is 21.5 Å². The van der Waals surface area contributed by atoms with Crippen molar-refractivity contribution in [1.82, 2.24) is 4.90 Å². The lowest BCUT2D eigenvalue weighted by molar-refractivity contribution is -0.118. The molecule has 0 saturated carbocycles. The molecule has 0 bridgehead atoms. The van der Waals surface area contributed by atoms with Gasteiger partial charge in [-0.2, -0.15) is 0 Å². The summed E-state index contributed by atoms with van der Waals surface area (Å²) in [5.74, 6) is 0.481. The first-order chi connectivity index (χ1) is 16.4. The van der Waals surface area contributed by atoms with Gasteiger partial charge in [-0.1, -0.05) is 29.3 Å². The number of halogens is 1. The van der Waals surface area contributed by atoms with E-state index in [1.165, 1.54) is 0 Å². The second-order valence-corrected chi connectivity index (χ2v) is 8.88. The van der Waals surface area contributed by atoms with E-state index in [0.717, 1.165) is 35.5 Å². The summed E-state index contributed by atoms with van der Waals surface area (Å²) in [5.41, 5.74) is 4.52. The van der Waals surface area contributed by atoms with Gasteiger partial charge in [0.25, 0.3) is 11.8 Å². The van der Waals surface area contributed by atoms with Crippen LogP contribution in [0.25, 0.3) is 0 Å². The van der Waals surface area contributed by atoms with Crippen LogP contribution < -0.4 is 15.0 Å². The standard InChI is InChI=1S/C27H28ClN3O3/c1-19-3-5-21(6-4-19)27(33)31-15-13-30(14-16-31)24-10-8-23(9-11-24)29-26(32)18-34-25-12-7-22(28)17-20(25)2/h3-12,17H,13-16,18H2,1-2H3,(H,29,32). The van der Waals surface area contributed by atoms with Crippen molar-refractivity contribution in [1.29, 1.82) is 0 Å². The Kier molecular flexibility index (Phi) is 7.38. The van der Waals surface area contributed by atoms with Crippen molar-refractivity contribution in [2.24, 2.45) is 0 Å². The molecule has 0 unspecified atom stereocenters. The Morgan fingerprint density at radius 2 is 1.59 bits per heavy atom. The Balaban J connectivity index is 1.26. The predicted octanol–water partition coefficient (Wildman–Crippen LogP) is 4.94. The molecule has 1 fully saturated rings. The Morgan fingerprint density at radius 1 is 0.912 bits per heavy atom. The molecule has 4 rings (SSSR count). The molecule has 0 radical (unpaired) electrons. The van der Waals surface area contributed by atoms with E-state index < -0.39 is 0 Å². The number of aryl methyl sites for hydroxylation is 2. The largest absolute Gasteiger partial charge is 0.483 e. The van der Waals surface area contributed by atoms with Crippen LogP contribution in [0.15, 0.2) is 66.7 Å². The first kappa shape index (κ1) is 23.6. The number of nitrogens with one attached hydrogen (secondary N) is 1. The third-order valence-corrected chi connectivity index (χ3v) is 6.11. The number of anilines is 2. The summed E-state index contributed by atoms with van der Waals surface area (Å²) in [6, 6.07) is 20.7. The number of hydrogen-bond acceptors (Lipinski definition) is 4. The first-order valence-electron chi connectivity index (χ1n) is 11.3. The number of carbonyl (C=O) groups excluding carboxylic acids is 2. The molecule has 0 atom stereocenters. The zero-order valence-electron chi connectivity index (χ0n) is 19.4. The van der Waals surface area contributed by atoms with Gasteiger partial charge in [0, 0.05) is 48.1 Å². The molecule has 1 aliphatic heterocycles. The maximum Gasteiger partial charge on any atom is 0.262 e. The van der Waals surface area contributed by atoms with E-state index in [1.807, 2.05) is 67.3 Å². The quantitative estimate of drug-likeness (QED) is 0.546. The monoisotopic (exact) mass is 477 g/mol. The fourth-order valence-electron chi connectivity index (χ4n) is 3.92. The lowest BCUT2D eigenvalue weighted by Gasteiger charge is -2.36. The van der Waals surface area contributed by atoms with Crippen molar-refractivity contribution < 1.29 is 14.3 Å². The smallest absolute Gasteiger partial charge is 0.262 e. The van der Waals surface area contributed by atoms with Crippen LogP contribution in [0.2, 0.25) is 5.02 Å². The number of piperazine rings is 1. The van der Waals surface area contributed by atoms with Crippen molar-refractivity contribution in [2.45, 2.75) is 13.8 Å². The zero-order chi connectivity index (χ0) is 24.1. The molecule has 0 spiro atoms. The lowest BCUT2D eigenvalue weighted by Crippen LogP contribution is -2.48. The molecule has 7 heteroatoms. The molecule has 0 aromatic heterocycles. The van der Waals surface area contributed by atoms with Crippen molar-refractivity contribution in [3.8, 4) is 5.75 Å². The van der Waals surface area contributed by atoms with Crippen molar-refractivity contribution in [2.75, 3.05) is 43.0 Å². The third kappa shape index (κ3) is 5.88. The number of nitrogens with zero attached hydrogens (tertiary/aromatic N) is 2. The van der Waals surface area contributed by atoms with Gasteiger partial charge in [0.05, 0.1) is 0 Å². The number of benzene rings is 3. The van der Waals surface area contributed by atoms with Crippen LogP contribution in [-0.2, 0) is 4.79 Å². The molecule has 176 valence electrons. The number of ether oxygens (including phenoxy) is 1. The Bertz CT molecular complexity index is 1150. The second kappa shape index (κ2) is 10.6. The van der Waals surface area contributed by atoms with Gasteiger partial charge in [0.1, 0.15) is 5.75 Å². The van der Waals surface area contributed by atoms with Crippen molar-refractivity contribution >= 4 is 34.8 Å². The van der Waals surface area contributed by atoms with Gasteiger partial charge in [-0.3, -0.25) is 9.59 Å². The van der Waals surface area contributed by atoms with E-state index in [1.54, 1.807) is 18.2 Å². The summed E-state index contributed by atoms with van der Waals surface area (Å²) >= 11 is 5.95. The minimum Gasteiger partial charge on any atom is -0.483 e. The Labute approximate surface area is 205 Å². The number of carbonyl (C=O) groups is 2. The van der Waals surface area contributed by atoms with Gasteiger partial charge in [-0.05, 0) is 74.0 Å². The van der Waals surface area contributed by atoms with E-state index in [-0.39, 0.29) is 18.4 Å². The summed E-state index contributed by atoms with van der Waals surface area (Å²) < 4.78 is 5.60. The van der Waals surface area contributed by atoms with Crippen LogP contribution in [0.3, 0.4) is 0 Å². The molecule has 1 saturated heterocycles. The van der Waals surface area contributed by atoms with Crippen LogP contribution in [0, 0.1) is 13.8 Å². The van der Waals surface area contributed by atoms with E-state index in [0.29, 0.717) is 29.5 Å². The number of hydrogen-bond donors (Lipinski definition) is 1. The molecule has 1 aliphatic rings. The van der Waals surface area contributed by atoms with Gasteiger partial charge in [0.2, 0.25) is 0 Å². The van der Waals surface area contributed by atoms with Gasteiger partial charge in [-0.15, -0.1) is 0 Å². The molecule has 0 aliphatic carbocycles. The highest BCUT2D eigenvalue weighted by Gasteiger charge is 2.22. The summed E-state index contributed by atoms with van der Waals surface area (Å²) in [4.78, 5) is 29.2. The third-order valence-electron chi connectivity index (χ3n) is 5.88. The maximum absolute atomic E-state index is 12.7. The number of amides is 2. The van der Waals surface area contributed by atoms with Crippen molar-refractivity contribution in [3.05, 3.63) is 88.4 Å². The van der Waals surface area contributed by atoms with Gasteiger partial charge < -0.3 is 19.9 Å². The molecule has 1 N–H and O–H groups in total. The van der Waals surface area contributed by atoms with E-state index >= 15 is 0 Å². The zero-order valence-corrected chi connectivity index (χ0v) is 20.1. The fraction of sp³-hybridized carbons (Fsp3) is 0.259. The predicted molar refractivity (Wildman–Crippen MR) is 136 cm³/mol. The summed E-state index contributed by atoms with van der Waals surface area (Å²) in [5, 5.41) is 3.49. The normalized spacial score (nSPS) is 13.5. The second-order valence-electron chi connectivity index (χ2n) is 8.44. The minimum atomic E-state index is -0.231. The molecule has 1 heterocycles. The molecular formula is C27H28ClN3O3. The molecule has 2 amide bonds. The van der Waals surface area contributed by atoms with Gasteiger partial charge >= 0.3 is 0 Å². The highest BCUT2D eigenvalue weighted by atomic mass is 35.5. The Morgan fingerprint density at radius 3 is 2.24 bits per heavy atom. The van der Waals surface area contributed by atoms with Crippen LogP contribution in [0.4, 0.5) is 11.4 Å². The average Bonchev–Trinajstić information content (AvgIpc) is 2.84. The van der Waals surface area contributed by atoms with Crippen molar-refractivity contribution in [3.63, 3.8) is 0 Å². The van der Waals surface area contributed by atoms with Crippen LogP contribution in [0.5, 0.6) is 5.75 Å². The average molecular weight is 478 g/mol. The SMILES string of the molecule is Cc1ccc(C(=O)N2CCN(c3ccc(NC(=O)COc4ccc(Cl)cc4C)cc3)CC2)cc1. The summed E-state index contributed by atoms with van der Waals surface area (Å²) in [6.07, 6.45) is 0. The molecular weight excluding hydrogens is 450 g/mol. The number of rotatable bonds is 6. The van der Waals surface area contributed by atoms with Gasteiger partial charge in [0.15, 0.2) is 6.61 Å². The first-order valence-corrected chi connectivity index (χ1v) is 11.7. The van der Waals surface area contributed by atoms with E-state index in [9.17, 15) is 9.59 Å². The topological polar surface area (TPSA) is 61.9 Å². The molecule has 3 aromatic rings. The summed E-state index contributed by atoms with van der Waals surface area (Å²) in [6.45, 7) is 6.69. The van der Waals surface area contributed by atoms with Crippen LogP contribution in [-0.4, -0.2) is 49.5 Å². The van der Waals surface area contributed by atoms with E-state index in [4.69, 9.17) is 16.3 Å². The molecule has 3 aromatic carbocycles. The maximum atomic E-state index is 12.7. The van der Waals surface area contributed by atoms with Crippen LogP contribution >= 0.6 is 11.6 Å². The highest BCUT2D eigenvalue weighted by Crippen LogP contribution is 2.23. The molecule has 6 nitrogen and oxygen atoms in total. The molecule has 34 heavy (non-hydrogen) atoms. The van der Waals surface area contributed by atoms with Gasteiger partial charge in [-0.25, -0.2) is 0 Å². The highest BCUT2D eigenvalue weighted by molar-refractivity contribution is 6.30.